The van der Waals surface area contributed by atoms with Crippen molar-refractivity contribution in [3.8, 4) is 0 Å². The first-order valence-corrected chi connectivity index (χ1v) is 10.0. The van der Waals surface area contributed by atoms with Crippen molar-refractivity contribution in [3.05, 3.63) is 77.4 Å². The molecule has 0 fully saturated rings. The van der Waals surface area contributed by atoms with Crippen molar-refractivity contribution in [2.45, 2.75) is 11.4 Å². The smallest absolute Gasteiger partial charge is 0.0618 e. The Morgan fingerprint density at radius 3 is 2.78 bits per heavy atom. The van der Waals surface area contributed by atoms with E-state index in [0.29, 0.717) is 0 Å². The van der Waals surface area contributed by atoms with Gasteiger partial charge in [-0.05, 0) is 70.8 Å². The molecule has 2 N–H and O–H groups in total. The number of nitrogens with zero attached hydrogens (tertiary/aromatic N) is 3. The fourth-order valence-corrected chi connectivity index (χ4v) is 4.18. The van der Waals surface area contributed by atoms with Crippen molar-refractivity contribution in [2.24, 2.45) is 0 Å². The van der Waals surface area contributed by atoms with Crippen LogP contribution in [0.5, 0.6) is 0 Å². The fourth-order valence-electron chi connectivity index (χ4n) is 2.91. The lowest BCUT2D eigenvalue weighted by molar-refractivity contribution is 0.822. The summed E-state index contributed by atoms with van der Waals surface area (Å²) in [5.74, 6) is 0. The number of halogens is 1. The quantitative estimate of drug-likeness (QED) is 0.431. The molecule has 1 aromatic carbocycles. The maximum atomic E-state index is 4.22. The van der Waals surface area contributed by atoms with E-state index < -0.39 is 0 Å². The molecule has 0 aliphatic carbocycles. The Hall–Kier alpha value is -2.35. The van der Waals surface area contributed by atoms with Crippen molar-refractivity contribution in [2.75, 3.05) is 12.4 Å². The number of benzene rings is 1. The van der Waals surface area contributed by atoms with Crippen molar-refractivity contribution in [1.82, 2.24) is 19.3 Å². The van der Waals surface area contributed by atoms with Gasteiger partial charge in [-0.1, -0.05) is 6.07 Å². The Morgan fingerprint density at radius 1 is 1.07 bits per heavy atom. The van der Waals surface area contributed by atoms with Crippen LogP contribution < -0.4 is 10.6 Å². The average Bonchev–Trinajstić information content (AvgIpc) is 3.00. The molecule has 0 bridgehead atoms. The van der Waals surface area contributed by atoms with Crippen molar-refractivity contribution in [1.29, 1.82) is 0 Å². The summed E-state index contributed by atoms with van der Waals surface area (Å²) in [4.78, 5) is 9.52. The number of aromatic nitrogens is 3. The largest absolute Gasteiger partial charge is 0.354 e. The van der Waals surface area contributed by atoms with Crippen LogP contribution in [0.15, 0.2) is 76.8 Å². The molecule has 3 heterocycles. The molecule has 0 spiro atoms. The fraction of sp³-hybridized carbons (Fsp3) is 0.100. The normalized spacial score (nSPS) is 11.0. The SMILES string of the molecule is CNCc1cn(Sc2cccnc2)c2cc(Nc3cncc(Br)c3)ccc12. The van der Waals surface area contributed by atoms with Crippen molar-refractivity contribution < 1.29 is 0 Å². The minimum atomic E-state index is 0.819. The van der Waals surface area contributed by atoms with E-state index in [4.69, 9.17) is 0 Å². The van der Waals surface area contributed by atoms with Crippen LogP contribution in [0, 0.1) is 0 Å². The van der Waals surface area contributed by atoms with E-state index >= 15 is 0 Å². The molecule has 4 rings (SSSR count). The number of anilines is 2. The van der Waals surface area contributed by atoms with E-state index in [0.717, 1.165) is 32.8 Å². The summed E-state index contributed by atoms with van der Waals surface area (Å²) in [6.45, 7) is 0.819. The van der Waals surface area contributed by atoms with Crippen molar-refractivity contribution in [3.63, 3.8) is 0 Å². The number of hydrogen-bond acceptors (Lipinski definition) is 5. The molecule has 0 aliphatic rings. The summed E-state index contributed by atoms with van der Waals surface area (Å²) >= 11 is 5.12. The van der Waals surface area contributed by atoms with E-state index in [1.807, 2.05) is 31.6 Å². The molecular formula is C20H18BrN5S. The van der Waals surface area contributed by atoms with Gasteiger partial charge in [-0.25, -0.2) is 0 Å². The average molecular weight is 440 g/mol. The standard InChI is InChI=1S/C20H18BrN5S/c1-22-9-14-13-26(27-18-3-2-6-23-12-18)20-8-16(4-5-19(14)20)25-17-7-15(21)10-24-11-17/h2-8,10-13,22,25H,9H2,1H3. The minimum Gasteiger partial charge on any atom is -0.354 e. The van der Waals surface area contributed by atoms with Gasteiger partial charge in [0.15, 0.2) is 0 Å². The van der Waals surface area contributed by atoms with Gasteiger partial charge in [0.1, 0.15) is 0 Å². The zero-order chi connectivity index (χ0) is 18.6. The van der Waals surface area contributed by atoms with Gasteiger partial charge in [0.25, 0.3) is 0 Å². The molecule has 7 heteroatoms. The molecule has 136 valence electrons. The highest BCUT2D eigenvalue weighted by Gasteiger charge is 2.11. The summed E-state index contributed by atoms with van der Waals surface area (Å²) in [6, 6.07) is 12.5. The highest BCUT2D eigenvalue weighted by molar-refractivity contribution is 9.10. The van der Waals surface area contributed by atoms with E-state index in [9.17, 15) is 0 Å². The third kappa shape index (κ3) is 4.16. The van der Waals surface area contributed by atoms with Crippen LogP contribution >= 0.6 is 27.9 Å². The molecule has 0 amide bonds. The highest BCUT2D eigenvalue weighted by atomic mass is 79.9. The van der Waals surface area contributed by atoms with Crippen LogP contribution in [0.3, 0.4) is 0 Å². The van der Waals surface area contributed by atoms with Crippen LogP contribution in [-0.4, -0.2) is 21.0 Å². The Morgan fingerprint density at radius 2 is 2.00 bits per heavy atom. The molecule has 0 aliphatic heterocycles. The molecule has 27 heavy (non-hydrogen) atoms. The first-order valence-electron chi connectivity index (χ1n) is 8.47. The lowest BCUT2D eigenvalue weighted by Gasteiger charge is -2.09. The van der Waals surface area contributed by atoms with Crippen LogP contribution in [0.2, 0.25) is 0 Å². The van der Waals surface area contributed by atoms with Gasteiger partial charge in [-0.15, -0.1) is 0 Å². The van der Waals surface area contributed by atoms with Crippen LogP contribution in [0.4, 0.5) is 11.4 Å². The number of hydrogen-bond donors (Lipinski definition) is 2. The molecule has 3 aromatic heterocycles. The first kappa shape index (κ1) is 18.0. The van der Waals surface area contributed by atoms with Crippen LogP contribution in [0.25, 0.3) is 10.9 Å². The predicted molar refractivity (Wildman–Crippen MR) is 115 cm³/mol. The van der Waals surface area contributed by atoms with Gasteiger partial charge < -0.3 is 10.6 Å². The third-order valence-electron chi connectivity index (χ3n) is 4.05. The second-order valence-corrected chi connectivity index (χ2v) is 8.00. The van der Waals surface area contributed by atoms with Crippen LogP contribution in [0.1, 0.15) is 5.56 Å². The van der Waals surface area contributed by atoms with Crippen molar-refractivity contribution >= 4 is 50.2 Å². The topological polar surface area (TPSA) is 54.8 Å². The maximum absolute atomic E-state index is 4.22. The van der Waals surface area contributed by atoms with E-state index in [2.05, 4.69) is 71.0 Å². The second-order valence-electron chi connectivity index (χ2n) is 6.04. The number of rotatable bonds is 6. The highest BCUT2D eigenvalue weighted by Crippen LogP contribution is 2.32. The number of nitrogens with one attached hydrogen (secondary N) is 2. The van der Waals surface area contributed by atoms with Gasteiger partial charge in [0, 0.05) is 51.8 Å². The number of pyridine rings is 2. The van der Waals surface area contributed by atoms with Gasteiger partial charge in [0.05, 0.1) is 17.4 Å². The summed E-state index contributed by atoms with van der Waals surface area (Å²) in [7, 11) is 1.97. The lowest BCUT2D eigenvalue weighted by Crippen LogP contribution is -2.04. The molecule has 0 unspecified atom stereocenters. The number of fused-ring (bicyclic) bond motifs is 1. The zero-order valence-electron chi connectivity index (χ0n) is 14.7. The first-order chi connectivity index (χ1) is 13.2. The molecular weight excluding hydrogens is 422 g/mol. The van der Waals surface area contributed by atoms with Gasteiger partial charge >= 0.3 is 0 Å². The zero-order valence-corrected chi connectivity index (χ0v) is 17.1. The van der Waals surface area contributed by atoms with Crippen LogP contribution in [-0.2, 0) is 6.54 Å². The molecule has 0 atom stereocenters. The molecule has 0 saturated heterocycles. The third-order valence-corrected chi connectivity index (χ3v) is 5.44. The summed E-state index contributed by atoms with van der Waals surface area (Å²) in [6.07, 6.45) is 9.43. The summed E-state index contributed by atoms with van der Waals surface area (Å²) in [5.41, 5.74) is 4.38. The second kappa shape index (κ2) is 8.12. The Bertz CT molecular complexity index is 1060. The van der Waals surface area contributed by atoms with E-state index in [-0.39, 0.29) is 0 Å². The monoisotopic (exact) mass is 439 g/mol. The van der Waals surface area contributed by atoms with Gasteiger partial charge in [-0.2, -0.15) is 0 Å². The summed E-state index contributed by atoms with van der Waals surface area (Å²) in [5, 5.41) is 7.91. The maximum Gasteiger partial charge on any atom is 0.0618 e. The van der Waals surface area contributed by atoms with E-state index in [1.54, 1.807) is 24.3 Å². The minimum absolute atomic E-state index is 0.819. The Balaban J connectivity index is 1.72. The van der Waals surface area contributed by atoms with Gasteiger partial charge in [0.2, 0.25) is 0 Å². The molecule has 5 nitrogen and oxygen atoms in total. The molecule has 4 aromatic rings. The molecule has 0 radical (unpaired) electrons. The Kier molecular flexibility index (Phi) is 5.42. The molecule has 0 saturated carbocycles. The van der Waals surface area contributed by atoms with Gasteiger partial charge in [-0.3, -0.25) is 13.9 Å². The lowest BCUT2D eigenvalue weighted by atomic mass is 10.1. The van der Waals surface area contributed by atoms with E-state index in [1.165, 1.54) is 10.9 Å². The predicted octanol–water partition coefficient (Wildman–Crippen LogP) is 5.21. The Labute approximate surface area is 170 Å². The summed E-state index contributed by atoms with van der Waals surface area (Å²) < 4.78 is 3.14.